The maximum absolute atomic E-state index is 12.8. The molecule has 0 aliphatic carbocycles. The number of phenolic OH excluding ortho intramolecular Hbond substituents is 1. The number of aromatic hydroxyl groups is 1. The van der Waals surface area contributed by atoms with Gasteiger partial charge in [-0.1, -0.05) is 6.07 Å². The van der Waals surface area contributed by atoms with Gasteiger partial charge in [0.2, 0.25) is 0 Å². The predicted octanol–water partition coefficient (Wildman–Crippen LogP) is 2.24. The molecule has 0 aliphatic rings. The second-order valence-corrected chi connectivity index (χ2v) is 5.67. The number of para-hydroxylation sites is 1. The van der Waals surface area contributed by atoms with Crippen molar-refractivity contribution in [1.82, 2.24) is 0 Å². The molecule has 21 heavy (non-hydrogen) atoms. The van der Waals surface area contributed by atoms with Crippen LogP contribution in [0.5, 0.6) is 5.75 Å². The van der Waals surface area contributed by atoms with E-state index in [4.69, 9.17) is 0 Å². The number of sulfonamides is 1. The summed E-state index contributed by atoms with van der Waals surface area (Å²) in [6.45, 7) is 0. The highest BCUT2D eigenvalue weighted by Gasteiger charge is 2.23. The summed E-state index contributed by atoms with van der Waals surface area (Å²) in [5, 5.41) is 20.5. The van der Waals surface area contributed by atoms with Crippen LogP contribution in [0, 0.1) is 15.9 Å². The summed E-state index contributed by atoms with van der Waals surface area (Å²) in [6.07, 6.45) is 0. The molecule has 0 bridgehead atoms. The van der Waals surface area contributed by atoms with E-state index in [-0.39, 0.29) is 4.90 Å². The summed E-state index contributed by atoms with van der Waals surface area (Å²) in [7, 11) is -4.19. The van der Waals surface area contributed by atoms with Crippen molar-refractivity contribution in [2.24, 2.45) is 0 Å². The van der Waals surface area contributed by atoms with E-state index in [0.29, 0.717) is 0 Å². The molecule has 0 saturated heterocycles. The second-order valence-electron chi connectivity index (χ2n) is 3.99. The van der Waals surface area contributed by atoms with Gasteiger partial charge in [0.1, 0.15) is 11.6 Å². The van der Waals surface area contributed by atoms with Gasteiger partial charge < -0.3 is 5.11 Å². The third kappa shape index (κ3) is 3.08. The first-order chi connectivity index (χ1) is 9.81. The van der Waals surface area contributed by atoms with Crippen LogP contribution in [0.1, 0.15) is 0 Å². The van der Waals surface area contributed by atoms with Crippen LogP contribution in [0.4, 0.5) is 15.8 Å². The van der Waals surface area contributed by atoms with Crippen LogP contribution in [-0.4, -0.2) is 18.4 Å². The van der Waals surface area contributed by atoms with Gasteiger partial charge in [-0.15, -0.1) is 0 Å². The normalized spacial score (nSPS) is 11.1. The maximum atomic E-state index is 12.8. The third-order valence-electron chi connectivity index (χ3n) is 2.58. The minimum atomic E-state index is -4.19. The van der Waals surface area contributed by atoms with Gasteiger partial charge in [0, 0.05) is 6.07 Å². The van der Waals surface area contributed by atoms with Gasteiger partial charge in [-0.3, -0.25) is 14.8 Å². The molecular weight excluding hydrogens is 303 g/mol. The van der Waals surface area contributed by atoms with Gasteiger partial charge in [0.15, 0.2) is 5.69 Å². The summed E-state index contributed by atoms with van der Waals surface area (Å²) in [5.74, 6) is -1.21. The van der Waals surface area contributed by atoms with E-state index in [2.05, 4.69) is 0 Å². The molecular formula is C12H9FN2O5S. The minimum absolute atomic E-state index is 0.290. The topological polar surface area (TPSA) is 110 Å². The van der Waals surface area contributed by atoms with Crippen LogP contribution in [0.3, 0.4) is 0 Å². The molecule has 0 spiro atoms. The fourth-order valence-corrected chi connectivity index (χ4v) is 2.68. The number of hydrogen-bond donors (Lipinski definition) is 2. The lowest BCUT2D eigenvalue weighted by Crippen LogP contribution is -2.14. The largest absolute Gasteiger partial charge is 0.505 e. The van der Waals surface area contributed by atoms with E-state index in [1.54, 1.807) is 0 Å². The van der Waals surface area contributed by atoms with Gasteiger partial charge in [-0.05, 0) is 30.3 Å². The van der Waals surface area contributed by atoms with E-state index < -0.39 is 37.9 Å². The van der Waals surface area contributed by atoms with Crippen molar-refractivity contribution in [3.63, 3.8) is 0 Å². The summed E-state index contributed by atoms with van der Waals surface area (Å²) < 4.78 is 38.9. The van der Waals surface area contributed by atoms with Gasteiger partial charge in [-0.25, -0.2) is 12.8 Å². The molecule has 0 atom stereocenters. The van der Waals surface area contributed by atoms with E-state index in [1.165, 1.54) is 6.07 Å². The number of benzene rings is 2. The number of hydrogen-bond acceptors (Lipinski definition) is 5. The molecule has 2 aromatic carbocycles. The van der Waals surface area contributed by atoms with E-state index in [9.17, 15) is 28.0 Å². The molecule has 0 unspecified atom stereocenters. The zero-order valence-corrected chi connectivity index (χ0v) is 11.2. The molecule has 0 aliphatic heterocycles. The maximum Gasteiger partial charge on any atom is 0.297 e. The van der Waals surface area contributed by atoms with Crippen LogP contribution >= 0.6 is 0 Å². The van der Waals surface area contributed by atoms with Crippen LogP contribution in [0.2, 0.25) is 0 Å². The number of anilines is 1. The smallest absolute Gasteiger partial charge is 0.297 e. The summed E-state index contributed by atoms with van der Waals surface area (Å²) in [6, 6.07) is 7.25. The van der Waals surface area contributed by atoms with Gasteiger partial charge >= 0.3 is 0 Å². The molecule has 0 heterocycles. The monoisotopic (exact) mass is 312 g/mol. The number of rotatable bonds is 4. The number of nitrogens with one attached hydrogen (secondary N) is 1. The van der Waals surface area contributed by atoms with E-state index in [0.717, 1.165) is 36.4 Å². The molecule has 2 aromatic rings. The van der Waals surface area contributed by atoms with Crippen molar-refractivity contribution in [1.29, 1.82) is 0 Å². The molecule has 0 aromatic heterocycles. The van der Waals surface area contributed by atoms with Crippen molar-refractivity contribution in [3.8, 4) is 5.75 Å². The fourth-order valence-electron chi connectivity index (χ4n) is 1.59. The summed E-state index contributed by atoms with van der Waals surface area (Å²) >= 11 is 0. The number of halogens is 1. The number of nitrogens with zero attached hydrogens (tertiary/aromatic N) is 1. The molecule has 110 valence electrons. The number of nitro groups is 1. The van der Waals surface area contributed by atoms with Gasteiger partial charge in [0.05, 0.1) is 9.82 Å². The molecule has 9 heteroatoms. The molecule has 7 nitrogen and oxygen atoms in total. The predicted molar refractivity (Wildman–Crippen MR) is 72.0 cm³/mol. The molecule has 0 radical (unpaired) electrons. The highest BCUT2D eigenvalue weighted by Crippen LogP contribution is 2.34. The molecule has 0 amide bonds. The summed E-state index contributed by atoms with van der Waals surface area (Å²) in [4.78, 5) is 9.73. The van der Waals surface area contributed by atoms with Crippen molar-refractivity contribution >= 4 is 21.4 Å². The van der Waals surface area contributed by atoms with Crippen LogP contribution in [0.25, 0.3) is 0 Å². The summed E-state index contributed by atoms with van der Waals surface area (Å²) in [5.41, 5.74) is -1.15. The highest BCUT2D eigenvalue weighted by atomic mass is 32.2. The lowest BCUT2D eigenvalue weighted by molar-refractivity contribution is -0.383. The van der Waals surface area contributed by atoms with Crippen LogP contribution in [0.15, 0.2) is 47.4 Å². The molecule has 0 saturated carbocycles. The lowest BCUT2D eigenvalue weighted by atomic mass is 10.2. The average Bonchev–Trinajstić information content (AvgIpc) is 2.41. The first-order valence-electron chi connectivity index (χ1n) is 5.56. The van der Waals surface area contributed by atoms with Crippen molar-refractivity contribution in [2.75, 3.05) is 4.72 Å². The molecule has 2 rings (SSSR count). The van der Waals surface area contributed by atoms with Crippen molar-refractivity contribution < 1.29 is 22.8 Å². The Kier molecular flexibility index (Phi) is 3.76. The van der Waals surface area contributed by atoms with Crippen molar-refractivity contribution in [2.45, 2.75) is 4.90 Å². The lowest BCUT2D eigenvalue weighted by Gasteiger charge is -2.09. The molecule has 2 N–H and O–H groups in total. The molecule has 0 fully saturated rings. The van der Waals surface area contributed by atoms with Crippen LogP contribution < -0.4 is 4.72 Å². The SMILES string of the molecule is O=[N+]([O-])c1cccc(O)c1NS(=O)(=O)c1ccc(F)cc1. The van der Waals surface area contributed by atoms with E-state index in [1.807, 2.05) is 4.72 Å². The third-order valence-corrected chi connectivity index (χ3v) is 3.94. The van der Waals surface area contributed by atoms with Crippen molar-refractivity contribution in [3.05, 3.63) is 58.4 Å². The first kappa shape index (κ1) is 14.7. The van der Waals surface area contributed by atoms with E-state index >= 15 is 0 Å². The Bertz CT molecular complexity index is 790. The highest BCUT2D eigenvalue weighted by molar-refractivity contribution is 7.92. The standard InChI is InChI=1S/C12H9FN2O5S/c13-8-4-6-9(7-5-8)21(19,20)14-12-10(15(17)18)2-1-3-11(12)16/h1-7,14,16H. The fraction of sp³-hybridized carbons (Fsp3) is 0. The second kappa shape index (κ2) is 5.37. The zero-order valence-electron chi connectivity index (χ0n) is 10.4. The number of nitro benzene ring substituents is 1. The van der Waals surface area contributed by atoms with Gasteiger partial charge in [0.25, 0.3) is 15.7 Å². The Balaban J connectivity index is 2.46. The quantitative estimate of drug-likeness (QED) is 0.511. The average molecular weight is 312 g/mol. The Morgan fingerprint density at radius 1 is 1.14 bits per heavy atom. The zero-order chi connectivity index (χ0) is 15.6. The number of phenols is 1. The Hall–Kier alpha value is -2.68. The minimum Gasteiger partial charge on any atom is -0.505 e. The first-order valence-corrected chi connectivity index (χ1v) is 7.04. The Morgan fingerprint density at radius 2 is 1.76 bits per heavy atom. The van der Waals surface area contributed by atoms with Crippen LogP contribution in [-0.2, 0) is 10.0 Å². The Labute approximate surface area is 118 Å². The van der Waals surface area contributed by atoms with Gasteiger partial charge in [-0.2, -0.15) is 0 Å². The Morgan fingerprint density at radius 3 is 2.33 bits per heavy atom.